The summed E-state index contributed by atoms with van der Waals surface area (Å²) in [5.74, 6) is -2.07. The molecule has 0 bridgehead atoms. The lowest BCUT2D eigenvalue weighted by molar-refractivity contribution is -0.139. The van der Waals surface area contributed by atoms with E-state index in [1.807, 2.05) is 55.5 Å². The Bertz CT molecular complexity index is 1230. The molecular weight excluding hydrogens is 468 g/mol. The number of carbonyl (C=O) groups excluding carboxylic acids is 2. The Morgan fingerprint density at radius 3 is 2.20 bits per heavy atom. The van der Waals surface area contributed by atoms with Crippen molar-refractivity contribution in [2.45, 2.75) is 31.7 Å². The number of nitrogens with one attached hydrogen (secondary N) is 2. The van der Waals surface area contributed by atoms with Crippen LogP contribution in [0.3, 0.4) is 0 Å². The SMILES string of the molecule is CCc1ccc(NC(=O)C(CC(=O)O)NC(=O)OCC2c3ccccc3-c3ccccc32)cc1Cl. The molecule has 0 radical (unpaired) electrons. The van der Waals surface area contributed by atoms with Crippen LogP contribution in [0.2, 0.25) is 5.02 Å². The number of carbonyl (C=O) groups is 3. The molecule has 180 valence electrons. The maximum absolute atomic E-state index is 12.7. The number of rotatable bonds is 8. The quantitative estimate of drug-likeness (QED) is 0.399. The molecule has 3 N–H and O–H groups in total. The second-order valence-corrected chi connectivity index (χ2v) is 8.68. The van der Waals surface area contributed by atoms with Gasteiger partial charge in [0.2, 0.25) is 5.91 Å². The zero-order valence-electron chi connectivity index (χ0n) is 19.1. The van der Waals surface area contributed by atoms with E-state index >= 15 is 0 Å². The fourth-order valence-electron chi connectivity index (χ4n) is 4.31. The summed E-state index contributed by atoms with van der Waals surface area (Å²) in [4.78, 5) is 36.7. The zero-order valence-corrected chi connectivity index (χ0v) is 19.8. The van der Waals surface area contributed by atoms with Crippen LogP contribution < -0.4 is 10.6 Å². The van der Waals surface area contributed by atoms with E-state index in [-0.39, 0.29) is 12.5 Å². The molecule has 0 heterocycles. The third-order valence-electron chi connectivity index (χ3n) is 6.03. The van der Waals surface area contributed by atoms with Crippen molar-refractivity contribution in [2.24, 2.45) is 0 Å². The van der Waals surface area contributed by atoms with Crippen LogP contribution in [0.15, 0.2) is 66.7 Å². The van der Waals surface area contributed by atoms with E-state index in [1.54, 1.807) is 18.2 Å². The molecule has 1 aliphatic carbocycles. The van der Waals surface area contributed by atoms with Gasteiger partial charge in [-0.25, -0.2) is 4.79 Å². The zero-order chi connectivity index (χ0) is 24.9. The van der Waals surface area contributed by atoms with Crippen molar-refractivity contribution >= 4 is 35.3 Å². The van der Waals surface area contributed by atoms with Gasteiger partial charge >= 0.3 is 12.1 Å². The first-order valence-corrected chi connectivity index (χ1v) is 11.7. The average Bonchev–Trinajstić information content (AvgIpc) is 3.16. The molecule has 3 aromatic rings. The van der Waals surface area contributed by atoms with Gasteiger partial charge in [-0.15, -0.1) is 0 Å². The van der Waals surface area contributed by atoms with Crippen LogP contribution >= 0.6 is 11.6 Å². The summed E-state index contributed by atoms with van der Waals surface area (Å²) in [6, 6.07) is 19.6. The van der Waals surface area contributed by atoms with E-state index < -0.39 is 30.4 Å². The third kappa shape index (κ3) is 5.46. The molecule has 8 heteroatoms. The van der Waals surface area contributed by atoms with Gasteiger partial charge in [0, 0.05) is 16.6 Å². The number of aryl methyl sites for hydroxylation is 1. The van der Waals surface area contributed by atoms with Gasteiger partial charge in [0.15, 0.2) is 0 Å². The normalized spacial score (nSPS) is 12.9. The monoisotopic (exact) mass is 492 g/mol. The summed E-state index contributed by atoms with van der Waals surface area (Å²) in [7, 11) is 0. The van der Waals surface area contributed by atoms with E-state index in [4.69, 9.17) is 16.3 Å². The van der Waals surface area contributed by atoms with E-state index in [9.17, 15) is 19.5 Å². The van der Waals surface area contributed by atoms with Crippen LogP contribution in [-0.4, -0.2) is 35.7 Å². The number of carboxylic acid groups (broad SMARTS) is 1. The van der Waals surface area contributed by atoms with E-state index in [0.29, 0.717) is 10.7 Å². The fourth-order valence-corrected chi connectivity index (χ4v) is 4.62. The lowest BCUT2D eigenvalue weighted by atomic mass is 9.98. The summed E-state index contributed by atoms with van der Waals surface area (Å²) < 4.78 is 5.46. The first kappa shape index (κ1) is 24.3. The summed E-state index contributed by atoms with van der Waals surface area (Å²) in [6.07, 6.45) is -0.734. The van der Waals surface area contributed by atoms with Crippen molar-refractivity contribution in [3.05, 3.63) is 88.4 Å². The van der Waals surface area contributed by atoms with Crippen molar-refractivity contribution in [2.75, 3.05) is 11.9 Å². The maximum Gasteiger partial charge on any atom is 0.407 e. The van der Waals surface area contributed by atoms with Crippen LogP contribution in [0.4, 0.5) is 10.5 Å². The predicted molar refractivity (Wildman–Crippen MR) is 134 cm³/mol. The first-order valence-electron chi connectivity index (χ1n) is 11.3. The van der Waals surface area contributed by atoms with Gasteiger partial charge in [0.05, 0.1) is 6.42 Å². The molecule has 1 aliphatic rings. The molecule has 0 fully saturated rings. The summed E-state index contributed by atoms with van der Waals surface area (Å²) in [5, 5.41) is 14.7. The van der Waals surface area contributed by atoms with E-state index in [1.165, 1.54) is 0 Å². The molecular formula is C27H25ClN2O5. The largest absolute Gasteiger partial charge is 0.481 e. The Kier molecular flexibility index (Phi) is 7.36. The van der Waals surface area contributed by atoms with Gasteiger partial charge in [-0.05, 0) is 46.4 Å². The van der Waals surface area contributed by atoms with Gasteiger partial charge in [0.25, 0.3) is 0 Å². The molecule has 2 amide bonds. The second-order valence-electron chi connectivity index (χ2n) is 8.27. The molecule has 4 rings (SSSR count). The average molecular weight is 493 g/mol. The highest BCUT2D eigenvalue weighted by atomic mass is 35.5. The van der Waals surface area contributed by atoms with Crippen molar-refractivity contribution < 1.29 is 24.2 Å². The topological polar surface area (TPSA) is 105 Å². The minimum Gasteiger partial charge on any atom is -0.481 e. The van der Waals surface area contributed by atoms with Crippen LogP contribution in [-0.2, 0) is 20.7 Å². The van der Waals surface area contributed by atoms with Gasteiger partial charge in [-0.1, -0.05) is 73.1 Å². The van der Waals surface area contributed by atoms with Crippen LogP contribution in [0.25, 0.3) is 11.1 Å². The van der Waals surface area contributed by atoms with E-state index in [0.717, 1.165) is 34.2 Å². The predicted octanol–water partition coefficient (Wildman–Crippen LogP) is 5.22. The van der Waals surface area contributed by atoms with Gasteiger partial charge in [-0.2, -0.15) is 0 Å². The smallest absolute Gasteiger partial charge is 0.407 e. The van der Waals surface area contributed by atoms with Gasteiger partial charge in [0.1, 0.15) is 12.6 Å². The highest BCUT2D eigenvalue weighted by Gasteiger charge is 2.30. The molecule has 1 atom stereocenters. The number of amides is 2. The van der Waals surface area contributed by atoms with Gasteiger partial charge < -0.3 is 20.5 Å². The van der Waals surface area contributed by atoms with Crippen molar-refractivity contribution in [1.29, 1.82) is 0 Å². The Morgan fingerprint density at radius 2 is 1.63 bits per heavy atom. The summed E-state index contributed by atoms with van der Waals surface area (Å²) in [6.45, 7) is 2.01. The number of ether oxygens (including phenoxy) is 1. The molecule has 7 nitrogen and oxygen atoms in total. The number of anilines is 1. The molecule has 0 saturated heterocycles. The number of aliphatic carboxylic acids is 1. The lowest BCUT2D eigenvalue weighted by Gasteiger charge is -2.19. The highest BCUT2D eigenvalue weighted by molar-refractivity contribution is 6.31. The minimum atomic E-state index is -1.33. The highest BCUT2D eigenvalue weighted by Crippen LogP contribution is 2.44. The van der Waals surface area contributed by atoms with Crippen LogP contribution in [0.1, 0.15) is 36.0 Å². The molecule has 3 aromatic carbocycles. The number of fused-ring (bicyclic) bond motifs is 3. The molecule has 0 aromatic heterocycles. The molecule has 0 aliphatic heterocycles. The lowest BCUT2D eigenvalue weighted by Crippen LogP contribution is -2.45. The minimum absolute atomic E-state index is 0.0510. The fraction of sp³-hybridized carbons (Fsp3) is 0.222. The van der Waals surface area contributed by atoms with Crippen molar-refractivity contribution in [3.8, 4) is 11.1 Å². The Balaban J connectivity index is 1.42. The van der Waals surface area contributed by atoms with Crippen LogP contribution in [0, 0.1) is 0 Å². The molecule has 0 spiro atoms. The standard InChI is InChI=1S/C27H25ClN2O5/c1-2-16-11-12-17(13-23(16)28)29-26(33)24(14-25(31)32)30-27(34)35-15-22-20-9-5-3-7-18(20)19-8-4-6-10-21(19)22/h3-13,22,24H,2,14-15H2,1H3,(H,29,33)(H,30,34)(H,31,32). The Hall–Kier alpha value is -3.84. The number of carboxylic acids is 1. The second kappa shape index (κ2) is 10.6. The number of halogens is 1. The van der Waals surface area contributed by atoms with E-state index in [2.05, 4.69) is 10.6 Å². The Labute approximate surface area is 208 Å². The molecule has 1 unspecified atom stereocenters. The number of alkyl carbamates (subject to hydrolysis) is 1. The number of hydrogen-bond acceptors (Lipinski definition) is 4. The number of hydrogen-bond donors (Lipinski definition) is 3. The maximum atomic E-state index is 12.7. The molecule has 35 heavy (non-hydrogen) atoms. The summed E-state index contributed by atoms with van der Waals surface area (Å²) in [5.41, 5.74) is 5.61. The van der Waals surface area contributed by atoms with Crippen LogP contribution in [0.5, 0.6) is 0 Å². The summed E-state index contributed by atoms with van der Waals surface area (Å²) >= 11 is 6.20. The van der Waals surface area contributed by atoms with Gasteiger partial charge in [-0.3, -0.25) is 9.59 Å². The Morgan fingerprint density at radius 1 is 1.00 bits per heavy atom. The third-order valence-corrected chi connectivity index (χ3v) is 6.38. The van der Waals surface area contributed by atoms with Crippen molar-refractivity contribution in [3.63, 3.8) is 0 Å². The first-order chi connectivity index (χ1) is 16.9. The molecule has 0 saturated carbocycles. The van der Waals surface area contributed by atoms with Crippen molar-refractivity contribution in [1.82, 2.24) is 5.32 Å². The number of benzene rings is 3.